The molecule has 4 aliphatic carbocycles. The lowest BCUT2D eigenvalue weighted by Gasteiger charge is -2.98. The highest BCUT2D eigenvalue weighted by Gasteiger charge is 3.00. The normalized spacial score (nSPS) is 49.6. The van der Waals surface area contributed by atoms with Crippen molar-refractivity contribution in [2.75, 3.05) is 13.2 Å². The third-order valence-corrected chi connectivity index (χ3v) is 7.81. The maximum Gasteiger partial charge on any atom is 0.224 e. The molecule has 1 aromatic rings. The number of benzene rings is 1. The maximum atomic E-state index is 12.3. The summed E-state index contributed by atoms with van der Waals surface area (Å²) < 4.78 is 5.83. The highest BCUT2D eigenvalue weighted by atomic mass is 16.5. The van der Waals surface area contributed by atoms with Crippen molar-refractivity contribution in [3.05, 3.63) is 35.9 Å². The Hall–Kier alpha value is -1.35. The van der Waals surface area contributed by atoms with Crippen molar-refractivity contribution in [3.63, 3.8) is 0 Å². The second-order valence-electron chi connectivity index (χ2n) is 8.08. The molecule has 4 fully saturated rings. The van der Waals surface area contributed by atoms with Gasteiger partial charge in [-0.3, -0.25) is 4.79 Å². The van der Waals surface area contributed by atoms with Gasteiger partial charge in [-0.1, -0.05) is 30.3 Å². The van der Waals surface area contributed by atoms with Crippen molar-refractivity contribution in [2.45, 2.75) is 38.0 Å². The molecule has 1 spiro atoms. The van der Waals surface area contributed by atoms with Gasteiger partial charge in [-0.2, -0.15) is 0 Å². The van der Waals surface area contributed by atoms with Crippen LogP contribution in [0.1, 0.15) is 38.2 Å². The Balaban J connectivity index is 1.60. The van der Waals surface area contributed by atoms with E-state index in [1.165, 1.54) is 18.4 Å². The number of hydrogen-bond donors (Lipinski definition) is 1. The Bertz CT molecular complexity index is 673. The van der Waals surface area contributed by atoms with Crippen molar-refractivity contribution in [1.82, 2.24) is 0 Å². The molecule has 0 bridgehead atoms. The first-order valence-corrected chi connectivity index (χ1v) is 8.52. The molecule has 0 saturated heterocycles. The van der Waals surface area contributed by atoms with Crippen LogP contribution in [0.3, 0.4) is 0 Å². The molecule has 3 nitrogen and oxygen atoms in total. The maximum absolute atomic E-state index is 12.3. The fourth-order valence-electron chi connectivity index (χ4n) is 7.75. The largest absolute Gasteiger partial charge is 0.381 e. The van der Waals surface area contributed by atoms with Crippen LogP contribution < -0.4 is 5.73 Å². The van der Waals surface area contributed by atoms with Gasteiger partial charge in [0.15, 0.2) is 0 Å². The van der Waals surface area contributed by atoms with Crippen molar-refractivity contribution in [3.8, 4) is 0 Å². The summed E-state index contributed by atoms with van der Waals surface area (Å²) in [6, 6.07) is 10.8. The van der Waals surface area contributed by atoms with Crippen LogP contribution in [0.5, 0.6) is 0 Å². The minimum atomic E-state index is -0.235. The van der Waals surface area contributed by atoms with E-state index in [-0.39, 0.29) is 27.6 Å². The van der Waals surface area contributed by atoms with Crippen molar-refractivity contribution < 1.29 is 9.53 Å². The van der Waals surface area contributed by atoms with E-state index < -0.39 is 0 Å². The van der Waals surface area contributed by atoms with Gasteiger partial charge in [-0.15, -0.1) is 0 Å². The number of carbonyl (C=O) groups is 1. The first kappa shape index (κ1) is 13.1. The highest BCUT2D eigenvalue weighted by molar-refractivity contribution is 5.88. The summed E-state index contributed by atoms with van der Waals surface area (Å²) in [5.41, 5.74) is 7.60. The minimum Gasteiger partial charge on any atom is -0.381 e. The number of ether oxygens (including phenoxy) is 1. The van der Waals surface area contributed by atoms with E-state index in [2.05, 4.69) is 37.3 Å². The predicted octanol–water partition coefficient (Wildman–Crippen LogP) is 2.64. The van der Waals surface area contributed by atoms with Crippen molar-refractivity contribution >= 4 is 5.91 Å². The quantitative estimate of drug-likeness (QED) is 0.908. The van der Waals surface area contributed by atoms with Crippen molar-refractivity contribution in [1.29, 1.82) is 0 Å². The van der Waals surface area contributed by atoms with Crippen LogP contribution >= 0.6 is 0 Å². The van der Waals surface area contributed by atoms with E-state index in [0.717, 1.165) is 26.1 Å². The summed E-state index contributed by atoms with van der Waals surface area (Å²) in [6.07, 6.45) is 4.39. The zero-order valence-corrected chi connectivity index (χ0v) is 13.1. The highest BCUT2D eigenvalue weighted by Crippen LogP contribution is 3.01. The summed E-state index contributed by atoms with van der Waals surface area (Å²) in [6.45, 7) is 3.62. The Labute approximate surface area is 131 Å². The number of carbonyl (C=O) groups excluding carboxylic acids is 1. The molecule has 4 aliphatic rings. The molecule has 3 unspecified atom stereocenters. The van der Waals surface area contributed by atoms with Crippen LogP contribution in [0, 0.1) is 22.2 Å². The van der Waals surface area contributed by atoms with E-state index in [1.807, 2.05) is 0 Å². The second kappa shape index (κ2) is 3.59. The molecule has 1 aromatic carbocycles. The Morgan fingerprint density at radius 3 is 2.68 bits per heavy atom. The van der Waals surface area contributed by atoms with Crippen LogP contribution in [0.15, 0.2) is 30.3 Å². The molecule has 2 N–H and O–H groups in total. The molecule has 5 rings (SSSR count). The summed E-state index contributed by atoms with van der Waals surface area (Å²) in [5.74, 6) is 0.624. The third kappa shape index (κ3) is 0.939. The standard InChI is InChI=1S/C19H23NO2/c1-2-22-12-16-8-14-9-17(15(20)21)11-18(10-16,19(14,16)17)13-6-4-3-5-7-13/h3-7,14H,2,8-12H2,1H3,(H2,20,21)/t14?,16-,17?,18+,19?/m1/s1. The number of rotatable bonds is 5. The van der Waals surface area contributed by atoms with Gasteiger partial charge >= 0.3 is 0 Å². The molecule has 0 aromatic heterocycles. The zero-order chi connectivity index (χ0) is 15.2. The average molecular weight is 297 g/mol. The minimum absolute atomic E-state index is 0.0596. The van der Waals surface area contributed by atoms with E-state index in [4.69, 9.17) is 10.5 Å². The number of nitrogens with two attached hydrogens (primary N) is 1. The van der Waals surface area contributed by atoms with Gasteiger partial charge in [0, 0.05) is 22.9 Å². The van der Waals surface area contributed by atoms with E-state index in [9.17, 15) is 4.79 Å². The SMILES string of the molecule is CCOC[C@@]12CC3CC4(C(N)=O)C[C@](c5ccccc5)(C1)C342. The van der Waals surface area contributed by atoms with E-state index >= 15 is 0 Å². The number of hydrogen-bond acceptors (Lipinski definition) is 2. The van der Waals surface area contributed by atoms with Crippen LogP contribution in [0.25, 0.3) is 0 Å². The van der Waals surface area contributed by atoms with E-state index in [1.54, 1.807) is 0 Å². The lowest BCUT2D eigenvalue weighted by molar-refractivity contribution is -0.482. The molecule has 116 valence electrons. The molecule has 4 saturated carbocycles. The Kier molecular flexibility index (Phi) is 2.14. The van der Waals surface area contributed by atoms with Gasteiger partial charge in [-0.05, 0) is 44.1 Å². The van der Waals surface area contributed by atoms with Crippen molar-refractivity contribution in [2.24, 2.45) is 27.9 Å². The fraction of sp³-hybridized carbons (Fsp3) is 0.632. The van der Waals surface area contributed by atoms with E-state index in [0.29, 0.717) is 5.92 Å². The second-order valence-corrected chi connectivity index (χ2v) is 8.08. The summed E-state index contributed by atoms with van der Waals surface area (Å²) in [4.78, 5) is 12.3. The van der Waals surface area contributed by atoms with Gasteiger partial charge in [0.1, 0.15) is 0 Å². The van der Waals surface area contributed by atoms with Gasteiger partial charge < -0.3 is 10.5 Å². The van der Waals surface area contributed by atoms with Gasteiger partial charge in [-0.25, -0.2) is 0 Å². The monoisotopic (exact) mass is 297 g/mol. The van der Waals surface area contributed by atoms with Crippen LogP contribution in [-0.4, -0.2) is 19.1 Å². The molecule has 22 heavy (non-hydrogen) atoms. The first-order valence-electron chi connectivity index (χ1n) is 8.52. The van der Waals surface area contributed by atoms with Crippen LogP contribution in [0.2, 0.25) is 0 Å². The van der Waals surface area contributed by atoms with Gasteiger partial charge in [0.05, 0.1) is 12.0 Å². The molecular formula is C19H23NO2. The lowest BCUT2D eigenvalue weighted by atomic mass is 9.03. The molecule has 0 heterocycles. The smallest absolute Gasteiger partial charge is 0.224 e. The third-order valence-electron chi connectivity index (χ3n) is 7.81. The number of amides is 1. The molecular weight excluding hydrogens is 274 g/mol. The van der Waals surface area contributed by atoms with Crippen LogP contribution in [0.4, 0.5) is 0 Å². The molecule has 0 aliphatic heterocycles. The summed E-state index contributed by atoms with van der Waals surface area (Å²) >= 11 is 0. The Morgan fingerprint density at radius 2 is 2.05 bits per heavy atom. The molecule has 5 atom stereocenters. The molecule has 0 radical (unpaired) electrons. The average Bonchev–Trinajstić information content (AvgIpc) is 2.45. The van der Waals surface area contributed by atoms with Crippen LogP contribution in [-0.2, 0) is 14.9 Å². The van der Waals surface area contributed by atoms with Gasteiger partial charge in [0.2, 0.25) is 5.91 Å². The first-order chi connectivity index (χ1) is 10.6. The zero-order valence-electron chi connectivity index (χ0n) is 13.1. The Morgan fingerprint density at radius 1 is 1.27 bits per heavy atom. The molecule has 3 heteroatoms. The van der Waals surface area contributed by atoms with Gasteiger partial charge in [0.25, 0.3) is 0 Å². The summed E-state index contributed by atoms with van der Waals surface area (Å²) in [7, 11) is 0. The number of primary amides is 1. The topological polar surface area (TPSA) is 52.3 Å². The molecule has 1 amide bonds. The predicted molar refractivity (Wildman–Crippen MR) is 83.1 cm³/mol. The lowest BCUT2D eigenvalue weighted by Crippen LogP contribution is -2.98. The summed E-state index contributed by atoms with van der Waals surface area (Å²) in [5, 5.41) is 0. The fourth-order valence-corrected chi connectivity index (χ4v) is 7.75.